The molecular formula is C33H43ClN6O5S. The molecule has 11 nitrogen and oxygen atoms in total. The monoisotopic (exact) mass is 670 g/mol. The lowest BCUT2D eigenvalue weighted by molar-refractivity contribution is -0.142. The van der Waals surface area contributed by atoms with Gasteiger partial charge in [-0.15, -0.1) is 11.3 Å². The van der Waals surface area contributed by atoms with Crippen LogP contribution in [0.3, 0.4) is 0 Å². The molecule has 0 radical (unpaired) electrons. The van der Waals surface area contributed by atoms with Gasteiger partial charge in [0.1, 0.15) is 18.2 Å². The van der Waals surface area contributed by atoms with Gasteiger partial charge >= 0.3 is 6.03 Å². The fraction of sp³-hybridized carbons (Fsp3) is 0.515. The van der Waals surface area contributed by atoms with Crippen molar-refractivity contribution >= 4 is 56.8 Å². The van der Waals surface area contributed by atoms with Gasteiger partial charge in [-0.05, 0) is 50.8 Å². The van der Waals surface area contributed by atoms with Crippen molar-refractivity contribution in [1.29, 1.82) is 0 Å². The van der Waals surface area contributed by atoms with Gasteiger partial charge in [-0.25, -0.2) is 14.8 Å². The number of Topliss-reactive ketones (excluding diaryl/α,β-unsaturated/α-hetero) is 1. The number of rotatable bonds is 10. The standard InChI is InChI=1S/C33H43ClN6O5S/c1-8-11-22(26(41)29-37-21-12-9-10-13-24(21)46-29)36-28(42)23-16-20(45-25-15-14-19(34)17-35-25)18-40(23)30(43)27(32(2,3)4)38-31(44)39-33(5,6)7/h9-10,12-15,17,20,22-23,27H,8,11,16,18H2,1-7H3,(H,36,42)(H2,38,39,44)/t20-,22?,23+,27-/m1/s1. The summed E-state index contributed by atoms with van der Waals surface area (Å²) in [4.78, 5) is 65.0. The van der Waals surface area contributed by atoms with Gasteiger partial charge in [-0.3, -0.25) is 14.4 Å². The third kappa shape index (κ3) is 8.94. The number of benzene rings is 1. The number of urea groups is 1. The zero-order valence-electron chi connectivity index (χ0n) is 27.3. The molecular weight excluding hydrogens is 628 g/mol. The van der Waals surface area contributed by atoms with Crippen molar-refractivity contribution in [3.8, 4) is 5.88 Å². The molecule has 0 saturated carbocycles. The minimum atomic E-state index is -0.968. The van der Waals surface area contributed by atoms with Crippen molar-refractivity contribution < 1.29 is 23.9 Å². The van der Waals surface area contributed by atoms with Crippen LogP contribution in [0, 0.1) is 5.41 Å². The Morgan fingerprint density at radius 1 is 1.07 bits per heavy atom. The number of ketones is 1. The summed E-state index contributed by atoms with van der Waals surface area (Å²) in [6, 6.07) is 7.48. The Balaban J connectivity index is 1.60. The van der Waals surface area contributed by atoms with E-state index in [1.54, 1.807) is 12.1 Å². The Bertz CT molecular complexity index is 1530. The average molecular weight is 671 g/mol. The van der Waals surface area contributed by atoms with Crippen LogP contribution in [0.1, 0.15) is 77.5 Å². The van der Waals surface area contributed by atoms with Crippen LogP contribution in [0.15, 0.2) is 42.6 Å². The van der Waals surface area contributed by atoms with Gasteiger partial charge in [0.05, 0.1) is 27.8 Å². The van der Waals surface area contributed by atoms with Crippen LogP contribution in [0.25, 0.3) is 10.2 Å². The molecule has 2 aromatic heterocycles. The Labute approximate surface area is 278 Å². The molecule has 1 saturated heterocycles. The van der Waals surface area contributed by atoms with Crippen LogP contribution in [0.5, 0.6) is 5.88 Å². The number of nitrogens with one attached hydrogen (secondary N) is 3. The Morgan fingerprint density at radius 3 is 2.39 bits per heavy atom. The maximum Gasteiger partial charge on any atom is 0.315 e. The third-order valence-corrected chi connectivity index (χ3v) is 8.70. The molecule has 4 rings (SSSR count). The highest BCUT2D eigenvalue weighted by Crippen LogP contribution is 2.29. The quantitative estimate of drug-likeness (QED) is 0.246. The first-order valence-corrected chi connectivity index (χ1v) is 16.6. The number of carbonyl (C=O) groups excluding carboxylic acids is 4. The lowest BCUT2D eigenvalue weighted by Gasteiger charge is -2.36. The van der Waals surface area contributed by atoms with Gasteiger partial charge in [0, 0.05) is 24.2 Å². The predicted octanol–water partition coefficient (Wildman–Crippen LogP) is 5.37. The van der Waals surface area contributed by atoms with Gasteiger partial charge in [-0.1, -0.05) is 57.8 Å². The number of aromatic nitrogens is 2. The summed E-state index contributed by atoms with van der Waals surface area (Å²) < 4.78 is 6.97. The summed E-state index contributed by atoms with van der Waals surface area (Å²) in [7, 11) is 0. The molecule has 0 spiro atoms. The second-order valence-corrected chi connectivity index (χ2v) is 15.1. The highest BCUT2D eigenvalue weighted by atomic mass is 35.5. The smallest absolute Gasteiger partial charge is 0.315 e. The number of hydrogen-bond donors (Lipinski definition) is 3. The van der Waals surface area contributed by atoms with E-state index in [1.165, 1.54) is 22.4 Å². The van der Waals surface area contributed by atoms with Gasteiger partial charge in [0.25, 0.3) is 0 Å². The molecule has 13 heteroatoms. The fourth-order valence-electron chi connectivity index (χ4n) is 5.25. The van der Waals surface area contributed by atoms with Gasteiger partial charge < -0.3 is 25.6 Å². The SMILES string of the molecule is CCCC(NC(=O)[C@@H]1C[C@@H](Oc2ccc(Cl)cn2)CN1C(=O)[C@@H](NC(=O)NC(C)(C)C)C(C)(C)C)C(=O)c1nc2ccccc2s1. The number of amides is 4. The maximum absolute atomic E-state index is 14.3. The van der Waals surface area contributed by atoms with Crippen molar-refractivity contribution in [2.45, 2.75) is 97.5 Å². The third-order valence-electron chi connectivity index (χ3n) is 7.43. The van der Waals surface area contributed by atoms with Crippen LogP contribution >= 0.6 is 22.9 Å². The van der Waals surface area contributed by atoms with Gasteiger partial charge in [-0.2, -0.15) is 0 Å². The highest BCUT2D eigenvalue weighted by Gasteiger charge is 2.46. The molecule has 46 heavy (non-hydrogen) atoms. The van der Waals surface area contributed by atoms with Crippen molar-refractivity contribution in [2.24, 2.45) is 5.41 Å². The molecule has 3 heterocycles. The van der Waals surface area contributed by atoms with E-state index in [4.69, 9.17) is 16.3 Å². The predicted molar refractivity (Wildman–Crippen MR) is 179 cm³/mol. The molecule has 1 fully saturated rings. The Hall–Kier alpha value is -3.77. The van der Waals surface area contributed by atoms with Crippen LogP contribution in [0.4, 0.5) is 4.79 Å². The fourth-order valence-corrected chi connectivity index (χ4v) is 6.32. The first-order valence-electron chi connectivity index (χ1n) is 15.4. The van der Waals surface area contributed by atoms with E-state index in [0.29, 0.717) is 28.8 Å². The lowest BCUT2D eigenvalue weighted by atomic mass is 9.85. The lowest BCUT2D eigenvalue weighted by Crippen LogP contribution is -2.61. The molecule has 4 amide bonds. The number of fused-ring (bicyclic) bond motifs is 1. The summed E-state index contributed by atoms with van der Waals surface area (Å²) in [5, 5.41) is 9.36. The van der Waals surface area contributed by atoms with E-state index in [9.17, 15) is 19.2 Å². The normalized spacial score (nSPS) is 18.1. The summed E-state index contributed by atoms with van der Waals surface area (Å²) in [6.45, 7) is 13.1. The molecule has 0 aliphatic carbocycles. The topological polar surface area (TPSA) is 143 Å². The number of para-hydroxylation sites is 1. The summed E-state index contributed by atoms with van der Waals surface area (Å²) >= 11 is 7.27. The maximum atomic E-state index is 14.3. The van der Waals surface area contributed by atoms with Crippen LogP contribution < -0.4 is 20.7 Å². The van der Waals surface area contributed by atoms with Crippen LogP contribution in [-0.2, 0) is 9.59 Å². The van der Waals surface area contributed by atoms with Crippen LogP contribution in [0.2, 0.25) is 5.02 Å². The van der Waals surface area contributed by atoms with Crippen molar-refractivity contribution in [3.63, 3.8) is 0 Å². The number of thiazole rings is 1. The van der Waals surface area contributed by atoms with Crippen molar-refractivity contribution in [1.82, 2.24) is 30.8 Å². The minimum Gasteiger partial charge on any atom is -0.472 e. The molecule has 1 aliphatic heterocycles. The second-order valence-electron chi connectivity index (χ2n) is 13.6. The Morgan fingerprint density at radius 2 is 1.78 bits per heavy atom. The molecule has 1 aliphatic rings. The molecule has 3 N–H and O–H groups in total. The van der Waals surface area contributed by atoms with E-state index in [2.05, 4.69) is 25.9 Å². The number of hydrogen-bond acceptors (Lipinski definition) is 8. The number of nitrogens with zero attached hydrogens (tertiary/aromatic N) is 3. The highest BCUT2D eigenvalue weighted by molar-refractivity contribution is 7.20. The molecule has 0 bridgehead atoms. The number of likely N-dealkylation sites (tertiary alicyclic amines) is 1. The summed E-state index contributed by atoms with van der Waals surface area (Å²) in [6.07, 6.45) is 2.06. The van der Waals surface area contributed by atoms with E-state index in [0.717, 1.165) is 10.2 Å². The number of ether oxygens (including phenoxy) is 1. The summed E-state index contributed by atoms with van der Waals surface area (Å²) in [5.74, 6) is -0.897. The largest absolute Gasteiger partial charge is 0.472 e. The molecule has 1 aromatic carbocycles. The van der Waals surface area contributed by atoms with E-state index in [-0.39, 0.29) is 18.7 Å². The zero-order chi connectivity index (χ0) is 33.8. The number of carbonyl (C=O) groups is 4. The first kappa shape index (κ1) is 35.1. The van der Waals surface area contributed by atoms with Gasteiger partial charge in [0.2, 0.25) is 23.5 Å². The zero-order valence-corrected chi connectivity index (χ0v) is 28.9. The minimum absolute atomic E-state index is 0.0701. The second kappa shape index (κ2) is 14.3. The molecule has 248 valence electrons. The Kier molecular flexibility index (Phi) is 10.9. The summed E-state index contributed by atoms with van der Waals surface area (Å²) in [5.41, 5.74) is -0.505. The van der Waals surface area contributed by atoms with E-state index < -0.39 is 53.0 Å². The van der Waals surface area contributed by atoms with Gasteiger partial charge in [0.15, 0.2) is 5.01 Å². The molecule has 4 atom stereocenters. The number of halogens is 1. The molecule has 3 aromatic rings. The van der Waals surface area contributed by atoms with Crippen molar-refractivity contribution in [2.75, 3.05) is 6.54 Å². The van der Waals surface area contributed by atoms with E-state index in [1.807, 2.05) is 72.7 Å². The first-order chi connectivity index (χ1) is 21.6. The average Bonchev–Trinajstić information content (AvgIpc) is 3.59. The van der Waals surface area contributed by atoms with Crippen LogP contribution in [-0.4, -0.2) is 74.8 Å². The van der Waals surface area contributed by atoms with E-state index >= 15 is 0 Å². The molecule has 1 unspecified atom stereocenters. The van der Waals surface area contributed by atoms with Crippen molar-refractivity contribution in [3.05, 3.63) is 52.6 Å². The number of pyridine rings is 1.